The molecule has 1 rings (SSSR count). The highest BCUT2D eigenvalue weighted by molar-refractivity contribution is 5.46. The van der Waals surface area contributed by atoms with Gasteiger partial charge in [-0.2, -0.15) is 0 Å². The molecule has 0 fully saturated rings. The van der Waals surface area contributed by atoms with Gasteiger partial charge in [-0.3, -0.25) is 0 Å². The highest BCUT2D eigenvalue weighted by Crippen LogP contribution is 2.13. The predicted molar refractivity (Wildman–Crippen MR) is 81.8 cm³/mol. The number of hydrogen-bond donors (Lipinski definition) is 1. The van der Waals surface area contributed by atoms with Crippen molar-refractivity contribution in [2.24, 2.45) is 0 Å². The maximum atomic E-state index is 5.00. The van der Waals surface area contributed by atoms with Crippen molar-refractivity contribution in [3.05, 3.63) is 29.8 Å². The summed E-state index contributed by atoms with van der Waals surface area (Å²) in [5.41, 5.74) is 2.57. The van der Waals surface area contributed by atoms with E-state index in [0.29, 0.717) is 0 Å². The van der Waals surface area contributed by atoms with Crippen LogP contribution in [0.5, 0.6) is 0 Å². The summed E-state index contributed by atoms with van der Waals surface area (Å²) in [4.78, 5) is 4.48. The fraction of sp³-hybridized carbons (Fsp3) is 0.600. The Kier molecular flexibility index (Phi) is 7.48. The highest BCUT2D eigenvalue weighted by Gasteiger charge is 2.01. The van der Waals surface area contributed by atoms with E-state index in [-0.39, 0.29) is 0 Å². The van der Waals surface area contributed by atoms with Crippen LogP contribution in [-0.4, -0.2) is 59.4 Å². The maximum absolute atomic E-state index is 5.00. The van der Waals surface area contributed by atoms with E-state index in [9.17, 15) is 0 Å². The first-order valence-corrected chi connectivity index (χ1v) is 6.78. The van der Waals surface area contributed by atoms with Crippen LogP contribution in [-0.2, 0) is 11.3 Å². The molecule has 0 spiro atoms. The van der Waals surface area contributed by atoms with E-state index in [1.165, 1.54) is 11.3 Å². The van der Waals surface area contributed by atoms with Crippen LogP contribution in [0.1, 0.15) is 5.56 Å². The average Bonchev–Trinajstić information content (AvgIpc) is 2.41. The first-order chi connectivity index (χ1) is 9.13. The average molecular weight is 265 g/mol. The van der Waals surface area contributed by atoms with Gasteiger partial charge in [0, 0.05) is 46.0 Å². The third-order valence-electron chi connectivity index (χ3n) is 3.07. The number of rotatable bonds is 9. The van der Waals surface area contributed by atoms with Crippen molar-refractivity contribution in [3.63, 3.8) is 0 Å². The Bertz CT molecular complexity index is 338. The largest absolute Gasteiger partial charge is 0.383 e. The van der Waals surface area contributed by atoms with Crippen LogP contribution >= 0.6 is 0 Å². The summed E-state index contributed by atoms with van der Waals surface area (Å²) >= 11 is 0. The van der Waals surface area contributed by atoms with Crippen molar-refractivity contribution >= 4 is 5.69 Å². The van der Waals surface area contributed by atoms with Crippen LogP contribution in [0.25, 0.3) is 0 Å². The van der Waals surface area contributed by atoms with Crippen molar-refractivity contribution < 1.29 is 4.74 Å². The van der Waals surface area contributed by atoms with Crippen LogP contribution in [0.2, 0.25) is 0 Å². The minimum Gasteiger partial charge on any atom is -0.383 e. The summed E-state index contributed by atoms with van der Waals surface area (Å²) in [5.74, 6) is 0. The molecule has 0 saturated heterocycles. The molecule has 0 heterocycles. The Morgan fingerprint density at radius 3 is 2.32 bits per heavy atom. The van der Waals surface area contributed by atoms with Gasteiger partial charge in [0.15, 0.2) is 0 Å². The van der Waals surface area contributed by atoms with Gasteiger partial charge in [0.05, 0.1) is 6.61 Å². The second-order valence-electron chi connectivity index (χ2n) is 5.06. The van der Waals surface area contributed by atoms with Gasteiger partial charge in [0.1, 0.15) is 0 Å². The zero-order valence-corrected chi connectivity index (χ0v) is 12.6. The summed E-state index contributed by atoms with van der Waals surface area (Å²) in [6, 6.07) is 8.73. The normalized spacial score (nSPS) is 11.0. The minimum absolute atomic E-state index is 0.755. The molecule has 0 amide bonds. The molecule has 0 aliphatic carbocycles. The van der Waals surface area contributed by atoms with Crippen molar-refractivity contribution in [2.75, 3.05) is 59.4 Å². The second kappa shape index (κ2) is 8.91. The zero-order valence-electron chi connectivity index (χ0n) is 12.6. The molecule has 0 aliphatic rings. The molecule has 108 valence electrons. The smallest absolute Gasteiger partial charge is 0.0587 e. The standard InChI is InChI=1S/C15H27N3O/c1-17(2)10-11-18(3)15-7-5-14(6-8-15)13-16-9-12-19-4/h5-8,16H,9-13H2,1-4H3. The second-order valence-corrected chi connectivity index (χ2v) is 5.06. The van der Waals surface area contributed by atoms with Crippen LogP contribution in [0, 0.1) is 0 Å². The molecule has 0 saturated carbocycles. The molecule has 0 radical (unpaired) electrons. The molecule has 0 aromatic heterocycles. The fourth-order valence-corrected chi connectivity index (χ4v) is 1.75. The lowest BCUT2D eigenvalue weighted by Crippen LogP contribution is -2.28. The van der Waals surface area contributed by atoms with Gasteiger partial charge >= 0.3 is 0 Å². The summed E-state index contributed by atoms with van der Waals surface area (Å²) in [7, 11) is 8.06. The van der Waals surface area contributed by atoms with Crippen molar-refractivity contribution in [1.82, 2.24) is 10.2 Å². The van der Waals surface area contributed by atoms with Gasteiger partial charge in [0.25, 0.3) is 0 Å². The van der Waals surface area contributed by atoms with Gasteiger partial charge < -0.3 is 19.9 Å². The van der Waals surface area contributed by atoms with E-state index in [2.05, 4.69) is 60.5 Å². The van der Waals surface area contributed by atoms with Gasteiger partial charge in [-0.1, -0.05) is 12.1 Å². The van der Waals surface area contributed by atoms with Gasteiger partial charge in [-0.25, -0.2) is 0 Å². The van der Waals surface area contributed by atoms with Crippen LogP contribution in [0.4, 0.5) is 5.69 Å². The quantitative estimate of drug-likeness (QED) is 0.684. The molecule has 19 heavy (non-hydrogen) atoms. The van der Waals surface area contributed by atoms with Gasteiger partial charge in [-0.05, 0) is 31.8 Å². The molecule has 4 nitrogen and oxygen atoms in total. The first kappa shape index (κ1) is 16.0. The molecule has 0 bridgehead atoms. The topological polar surface area (TPSA) is 27.7 Å². The Hall–Kier alpha value is -1.10. The molecule has 0 atom stereocenters. The van der Waals surface area contributed by atoms with E-state index in [0.717, 1.165) is 32.8 Å². The number of ether oxygens (including phenoxy) is 1. The first-order valence-electron chi connectivity index (χ1n) is 6.78. The maximum Gasteiger partial charge on any atom is 0.0587 e. The van der Waals surface area contributed by atoms with E-state index in [1.807, 2.05) is 0 Å². The summed E-state index contributed by atoms with van der Waals surface area (Å²) in [5, 5.41) is 3.35. The number of hydrogen-bond acceptors (Lipinski definition) is 4. The molecular formula is C15H27N3O. The van der Waals surface area contributed by atoms with E-state index in [4.69, 9.17) is 4.74 Å². The monoisotopic (exact) mass is 265 g/mol. The van der Waals surface area contributed by atoms with Crippen molar-refractivity contribution in [1.29, 1.82) is 0 Å². The lowest BCUT2D eigenvalue weighted by molar-refractivity contribution is 0.199. The third kappa shape index (κ3) is 6.57. The Morgan fingerprint density at radius 2 is 1.74 bits per heavy atom. The molecule has 1 aromatic carbocycles. The molecule has 1 N–H and O–H groups in total. The third-order valence-corrected chi connectivity index (χ3v) is 3.07. The Morgan fingerprint density at radius 1 is 1.05 bits per heavy atom. The highest BCUT2D eigenvalue weighted by atomic mass is 16.5. The molecular weight excluding hydrogens is 238 g/mol. The number of likely N-dealkylation sites (N-methyl/N-ethyl adjacent to an activating group) is 2. The van der Waals surface area contributed by atoms with Gasteiger partial charge in [0.2, 0.25) is 0 Å². The lowest BCUT2D eigenvalue weighted by atomic mass is 10.2. The van der Waals surface area contributed by atoms with Crippen LogP contribution in [0.15, 0.2) is 24.3 Å². The summed E-state index contributed by atoms with van der Waals surface area (Å²) in [6.45, 7) is 4.65. The molecule has 0 unspecified atom stereocenters. The summed E-state index contributed by atoms with van der Waals surface area (Å²) in [6.07, 6.45) is 0. The SMILES string of the molecule is COCCNCc1ccc(N(C)CCN(C)C)cc1. The number of anilines is 1. The van der Waals surface area contributed by atoms with Crippen LogP contribution < -0.4 is 10.2 Å². The lowest BCUT2D eigenvalue weighted by Gasteiger charge is -2.21. The zero-order chi connectivity index (χ0) is 14.1. The number of benzene rings is 1. The number of nitrogens with zero attached hydrogens (tertiary/aromatic N) is 2. The van der Waals surface area contributed by atoms with Crippen molar-refractivity contribution in [3.8, 4) is 0 Å². The Balaban J connectivity index is 2.37. The molecule has 4 heteroatoms. The predicted octanol–water partition coefficient (Wildman–Crippen LogP) is 1.42. The van der Waals surface area contributed by atoms with E-state index < -0.39 is 0 Å². The van der Waals surface area contributed by atoms with E-state index in [1.54, 1.807) is 7.11 Å². The summed E-state index contributed by atoms with van der Waals surface area (Å²) < 4.78 is 5.00. The molecule has 1 aromatic rings. The van der Waals surface area contributed by atoms with E-state index >= 15 is 0 Å². The number of nitrogens with one attached hydrogen (secondary N) is 1. The van der Waals surface area contributed by atoms with Gasteiger partial charge in [-0.15, -0.1) is 0 Å². The van der Waals surface area contributed by atoms with Crippen molar-refractivity contribution in [2.45, 2.75) is 6.54 Å². The number of methoxy groups -OCH3 is 1. The van der Waals surface area contributed by atoms with Crippen LogP contribution in [0.3, 0.4) is 0 Å². The molecule has 0 aliphatic heterocycles. The fourth-order valence-electron chi connectivity index (χ4n) is 1.75. The minimum atomic E-state index is 0.755. The Labute approximate surface area is 117 Å².